The molecule has 8 heteroatoms. The Hall–Kier alpha value is -1.34. The topological polar surface area (TPSA) is 32.3 Å². The first kappa shape index (κ1) is 17.0. The van der Waals surface area contributed by atoms with E-state index in [1.54, 1.807) is 0 Å². The highest BCUT2D eigenvalue weighted by atomic mass is 35.5. The second-order valence-corrected chi connectivity index (χ2v) is 5.78. The fraction of sp³-hybridized carbons (Fsp3) is 0.500. The van der Waals surface area contributed by atoms with Gasteiger partial charge in [-0.05, 0) is 37.1 Å². The molecule has 1 amide bonds. The average Bonchev–Trinajstić information content (AvgIpc) is 2.84. The van der Waals surface area contributed by atoms with Crippen LogP contribution in [0.4, 0.5) is 17.6 Å². The van der Waals surface area contributed by atoms with E-state index >= 15 is 0 Å². The van der Waals surface area contributed by atoms with E-state index in [0.29, 0.717) is 13.0 Å². The minimum atomic E-state index is -4.22. The van der Waals surface area contributed by atoms with Crippen molar-refractivity contribution in [2.75, 3.05) is 26.2 Å². The van der Waals surface area contributed by atoms with Gasteiger partial charge in [0.2, 0.25) is 0 Å². The summed E-state index contributed by atoms with van der Waals surface area (Å²) in [4.78, 5) is 13.2. The van der Waals surface area contributed by atoms with E-state index < -0.39 is 24.4 Å². The molecule has 1 aromatic carbocycles. The number of benzene rings is 1. The van der Waals surface area contributed by atoms with Crippen LogP contribution >= 0.6 is 11.6 Å². The van der Waals surface area contributed by atoms with E-state index in [0.717, 1.165) is 6.07 Å². The predicted molar refractivity (Wildman–Crippen MR) is 74.3 cm³/mol. The lowest BCUT2D eigenvalue weighted by molar-refractivity contribution is -0.143. The van der Waals surface area contributed by atoms with Crippen molar-refractivity contribution in [1.82, 2.24) is 10.2 Å². The molecule has 0 unspecified atom stereocenters. The highest BCUT2D eigenvalue weighted by Crippen LogP contribution is 2.22. The summed E-state index contributed by atoms with van der Waals surface area (Å²) < 4.78 is 50.4. The molecule has 3 nitrogen and oxygen atoms in total. The van der Waals surface area contributed by atoms with Gasteiger partial charge in [0.05, 0.1) is 12.1 Å². The first-order valence-electron chi connectivity index (χ1n) is 6.77. The van der Waals surface area contributed by atoms with Crippen LogP contribution in [0.3, 0.4) is 0 Å². The van der Waals surface area contributed by atoms with E-state index in [9.17, 15) is 22.4 Å². The van der Waals surface area contributed by atoms with Crippen molar-refractivity contribution >= 4 is 17.5 Å². The van der Waals surface area contributed by atoms with Crippen LogP contribution in [-0.4, -0.2) is 43.2 Å². The van der Waals surface area contributed by atoms with Gasteiger partial charge in [-0.25, -0.2) is 4.39 Å². The summed E-state index contributed by atoms with van der Waals surface area (Å²) in [7, 11) is 0. The minimum Gasteiger partial charge on any atom is -0.352 e. The van der Waals surface area contributed by atoms with Gasteiger partial charge < -0.3 is 5.32 Å². The summed E-state index contributed by atoms with van der Waals surface area (Å²) in [5, 5.41) is 2.79. The number of hydrogen-bond donors (Lipinski definition) is 1. The number of likely N-dealkylation sites (tertiary alicyclic amines) is 1. The van der Waals surface area contributed by atoms with E-state index in [1.165, 1.54) is 17.0 Å². The van der Waals surface area contributed by atoms with Gasteiger partial charge >= 0.3 is 6.18 Å². The monoisotopic (exact) mass is 338 g/mol. The van der Waals surface area contributed by atoms with Gasteiger partial charge in [0, 0.05) is 18.1 Å². The number of amides is 1. The first-order chi connectivity index (χ1) is 10.2. The molecular formula is C14H15ClF4N2O. The van der Waals surface area contributed by atoms with Gasteiger partial charge in [-0.15, -0.1) is 0 Å². The number of hydrogen-bond acceptors (Lipinski definition) is 2. The molecule has 2 rings (SSSR count). The smallest absolute Gasteiger partial charge is 0.352 e. The highest BCUT2D eigenvalue weighted by Gasteiger charge is 2.34. The number of nitrogens with one attached hydrogen (secondary N) is 1. The lowest BCUT2D eigenvalue weighted by Crippen LogP contribution is -2.34. The number of nitrogens with zero attached hydrogens (tertiary/aromatic N) is 1. The number of halogens is 5. The summed E-state index contributed by atoms with van der Waals surface area (Å²) in [5.41, 5.74) is -0.169. The summed E-state index contributed by atoms with van der Waals surface area (Å²) in [6.07, 6.45) is -3.66. The third-order valence-electron chi connectivity index (χ3n) is 3.50. The van der Waals surface area contributed by atoms with Gasteiger partial charge in [0.15, 0.2) is 0 Å². The number of alkyl halides is 3. The Labute approximate surface area is 130 Å². The molecule has 1 N–H and O–H groups in total. The van der Waals surface area contributed by atoms with Gasteiger partial charge in [0.25, 0.3) is 5.91 Å². The van der Waals surface area contributed by atoms with Gasteiger partial charge in [-0.3, -0.25) is 9.69 Å². The molecule has 0 radical (unpaired) electrons. The molecule has 1 aliphatic rings. The molecule has 1 aromatic rings. The summed E-state index contributed by atoms with van der Waals surface area (Å²) in [6, 6.07) is 3.65. The van der Waals surface area contributed by atoms with E-state index in [4.69, 9.17) is 11.6 Å². The third kappa shape index (κ3) is 4.84. The molecule has 0 aliphatic carbocycles. The first-order valence-corrected chi connectivity index (χ1v) is 7.15. The van der Waals surface area contributed by atoms with Crippen molar-refractivity contribution in [1.29, 1.82) is 0 Å². The normalized spacial score (nSPS) is 19.4. The zero-order valence-electron chi connectivity index (χ0n) is 11.6. The van der Waals surface area contributed by atoms with Crippen molar-refractivity contribution in [2.45, 2.75) is 12.6 Å². The van der Waals surface area contributed by atoms with Crippen LogP contribution in [0, 0.1) is 11.7 Å². The van der Waals surface area contributed by atoms with Crippen LogP contribution in [-0.2, 0) is 0 Å². The molecule has 0 bridgehead atoms. The van der Waals surface area contributed by atoms with Crippen molar-refractivity contribution in [2.24, 2.45) is 5.92 Å². The Kier molecular flexibility index (Phi) is 5.28. The van der Waals surface area contributed by atoms with Crippen LogP contribution in [0.1, 0.15) is 16.8 Å². The lowest BCUT2D eigenvalue weighted by atomic mass is 10.1. The number of carbonyl (C=O) groups excluding carboxylic acids is 1. The van der Waals surface area contributed by atoms with Crippen LogP contribution in [0.25, 0.3) is 0 Å². The minimum absolute atomic E-state index is 0.0754. The van der Waals surface area contributed by atoms with Crippen LogP contribution in [0.5, 0.6) is 0 Å². The molecule has 0 saturated carbocycles. The van der Waals surface area contributed by atoms with Gasteiger partial charge in [-0.2, -0.15) is 13.2 Å². The quantitative estimate of drug-likeness (QED) is 0.856. The summed E-state index contributed by atoms with van der Waals surface area (Å²) in [5.74, 6) is -1.38. The molecule has 1 atom stereocenters. The Morgan fingerprint density at radius 1 is 1.41 bits per heavy atom. The van der Waals surface area contributed by atoms with Gasteiger partial charge in [-0.1, -0.05) is 11.6 Å². The van der Waals surface area contributed by atoms with Gasteiger partial charge in [0.1, 0.15) is 5.82 Å². The van der Waals surface area contributed by atoms with E-state index in [1.807, 2.05) is 0 Å². The molecule has 1 aliphatic heterocycles. The molecule has 122 valence electrons. The summed E-state index contributed by atoms with van der Waals surface area (Å²) >= 11 is 5.71. The second-order valence-electron chi connectivity index (χ2n) is 5.34. The standard InChI is InChI=1S/C14H15ClF4N2O/c15-10-1-2-12(16)11(5-10)13(22)20-6-9-3-4-21(7-9)8-14(17,18)19/h1-2,5,9H,3-4,6-8H2,(H,20,22)/t9-/m1/s1. The molecule has 1 heterocycles. The maximum Gasteiger partial charge on any atom is 0.401 e. The van der Waals surface area contributed by atoms with Crippen molar-refractivity contribution < 1.29 is 22.4 Å². The number of rotatable bonds is 4. The molecule has 0 spiro atoms. The maximum absolute atomic E-state index is 13.5. The zero-order chi connectivity index (χ0) is 16.3. The Morgan fingerprint density at radius 3 is 2.82 bits per heavy atom. The Bertz CT molecular complexity index is 550. The Morgan fingerprint density at radius 2 is 2.14 bits per heavy atom. The fourth-order valence-electron chi connectivity index (χ4n) is 2.48. The van der Waals surface area contributed by atoms with Crippen LogP contribution in [0.2, 0.25) is 5.02 Å². The molecule has 0 aromatic heterocycles. The second kappa shape index (κ2) is 6.83. The Balaban J connectivity index is 1.84. The predicted octanol–water partition coefficient (Wildman–Crippen LogP) is 3.09. The van der Waals surface area contributed by atoms with Crippen molar-refractivity contribution in [3.8, 4) is 0 Å². The van der Waals surface area contributed by atoms with Crippen LogP contribution in [0.15, 0.2) is 18.2 Å². The van der Waals surface area contributed by atoms with E-state index in [-0.39, 0.29) is 29.6 Å². The van der Waals surface area contributed by atoms with Crippen LogP contribution < -0.4 is 5.32 Å². The molecule has 1 fully saturated rings. The zero-order valence-corrected chi connectivity index (χ0v) is 12.3. The SMILES string of the molecule is O=C(NC[C@H]1CCN(CC(F)(F)F)C1)c1cc(Cl)ccc1F. The van der Waals surface area contributed by atoms with Crippen molar-refractivity contribution in [3.05, 3.63) is 34.6 Å². The molecule has 22 heavy (non-hydrogen) atoms. The lowest BCUT2D eigenvalue weighted by Gasteiger charge is -2.18. The number of carbonyl (C=O) groups is 1. The van der Waals surface area contributed by atoms with E-state index in [2.05, 4.69) is 5.32 Å². The highest BCUT2D eigenvalue weighted by molar-refractivity contribution is 6.30. The molecular weight excluding hydrogens is 324 g/mol. The molecule has 1 saturated heterocycles. The fourth-order valence-corrected chi connectivity index (χ4v) is 2.65. The average molecular weight is 339 g/mol. The summed E-state index contributed by atoms with van der Waals surface area (Å²) in [6.45, 7) is -0.136. The maximum atomic E-state index is 13.5. The van der Waals surface area contributed by atoms with Crippen molar-refractivity contribution in [3.63, 3.8) is 0 Å². The third-order valence-corrected chi connectivity index (χ3v) is 3.73. The largest absolute Gasteiger partial charge is 0.401 e.